The molecule has 1 saturated heterocycles. The van der Waals surface area contributed by atoms with Crippen LogP contribution in [0.25, 0.3) is 0 Å². The number of aliphatic carboxylic acids is 1. The fourth-order valence-electron chi connectivity index (χ4n) is 2.95. The molecule has 1 aromatic rings. The number of hydrogen-bond donors (Lipinski definition) is 2. The summed E-state index contributed by atoms with van der Waals surface area (Å²) in [5, 5.41) is 11.5. The van der Waals surface area contributed by atoms with Gasteiger partial charge in [-0.05, 0) is 44.4 Å². The minimum Gasteiger partial charge on any atom is -0.491 e. The number of ether oxygens (including phenoxy) is 1. The molecule has 25 heavy (non-hydrogen) atoms. The molecule has 2 rings (SSSR count). The number of carbonyl (C=O) groups excluding carboxylic acids is 2. The van der Waals surface area contributed by atoms with E-state index in [9.17, 15) is 14.4 Å². The van der Waals surface area contributed by atoms with Crippen LogP contribution >= 0.6 is 0 Å². The van der Waals surface area contributed by atoms with Crippen molar-refractivity contribution >= 4 is 17.9 Å². The molecule has 1 atom stereocenters. The van der Waals surface area contributed by atoms with Crippen molar-refractivity contribution in [2.45, 2.75) is 51.7 Å². The van der Waals surface area contributed by atoms with Crippen molar-refractivity contribution in [2.75, 3.05) is 6.54 Å². The van der Waals surface area contributed by atoms with Gasteiger partial charge in [-0.3, -0.25) is 14.5 Å². The monoisotopic (exact) mass is 348 g/mol. The molecule has 0 radical (unpaired) electrons. The molecule has 0 aliphatic carbocycles. The average Bonchev–Trinajstić information content (AvgIpc) is 2.79. The SMILES string of the molecule is CCC1(c2ccc(OC(C)C)cc2)NC(=O)N(CCCC(=O)O)C1=O. The lowest BCUT2D eigenvalue weighted by Gasteiger charge is -2.26. The molecule has 3 amide bonds. The largest absolute Gasteiger partial charge is 0.491 e. The molecular weight excluding hydrogens is 324 g/mol. The zero-order valence-electron chi connectivity index (χ0n) is 14.7. The Kier molecular flexibility index (Phi) is 5.66. The number of carbonyl (C=O) groups is 3. The molecule has 1 aliphatic heterocycles. The fourth-order valence-corrected chi connectivity index (χ4v) is 2.95. The number of amides is 3. The van der Waals surface area contributed by atoms with Crippen molar-refractivity contribution in [3.8, 4) is 5.75 Å². The summed E-state index contributed by atoms with van der Waals surface area (Å²) in [6.07, 6.45) is 0.591. The molecule has 1 heterocycles. The first-order valence-corrected chi connectivity index (χ1v) is 8.43. The van der Waals surface area contributed by atoms with E-state index < -0.39 is 17.5 Å². The van der Waals surface area contributed by atoms with Crippen LogP contribution in [0.15, 0.2) is 24.3 Å². The van der Waals surface area contributed by atoms with E-state index in [4.69, 9.17) is 9.84 Å². The third kappa shape index (κ3) is 3.92. The van der Waals surface area contributed by atoms with Crippen LogP contribution in [0.5, 0.6) is 5.75 Å². The molecule has 1 aromatic carbocycles. The first-order valence-electron chi connectivity index (χ1n) is 8.43. The Bertz CT molecular complexity index is 656. The zero-order chi connectivity index (χ0) is 18.6. The van der Waals surface area contributed by atoms with Crippen LogP contribution in [-0.2, 0) is 15.1 Å². The van der Waals surface area contributed by atoms with Gasteiger partial charge in [0.2, 0.25) is 0 Å². The number of nitrogens with one attached hydrogen (secondary N) is 1. The summed E-state index contributed by atoms with van der Waals surface area (Å²) in [4.78, 5) is 36.8. The Morgan fingerprint density at radius 2 is 1.92 bits per heavy atom. The fraction of sp³-hybridized carbons (Fsp3) is 0.500. The maximum absolute atomic E-state index is 12.9. The smallest absolute Gasteiger partial charge is 0.325 e. The lowest BCUT2D eigenvalue weighted by atomic mass is 9.87. The van der Waals surface area contributed by atoms with Crippen LogP contribution in [0.4, 0.5) is 4.79 Å². The molecule has 0 saturated carbocycles. The molecule has 1 aliphatic rings. The van der Waals surface area contributed by atoms with E-state index >= 15 is 0 Å². The number of urea groups is 1. The molecule has 0 bridgehead atoms. The quantitative estimate of drug-likeness (QED) is 0.704. The number of carboxylic acid groups (broad SMARTS) is 1. The van der Waals surface area contributed by atoms with E-state index in [-0.39, 0.29) is 31.4 Å². The second-order valence-electron chi connectivity index (χ2n) is 6.33. The van der Waals surface area contributed by atoms with Gasteiger partial charge in [-0.1, -0.05) is 19.1 Å². The van der Waals surface area contributed by atoms with E-state index in [1.54, 1.807) is 24.3 Å². The van der Waals surface area contributed by atoms with Crippen LogP contribution in [-0.4, -0.2) is 40.6 Å². The van der Waals surface area contributed by atoms with Crippen molar-refractivity contribution < 1.29 is 24.2 Å². The molecule has 7 nitrogen and oxygen atoms in total. The molecule has 0 spiro atoms. The van der Waals surface area contributed by atoms with E-state index in [1.165, 1.54) is 0 Å². The number of carboxylic acids is 1. The van der Waals surface area contributed by atoms with Gasteiger partial charge >= 0.3 is 12.0 Å². The zero-order valence-corrected chi connectivity index (χ0v) is 14.7. The third-order valence-corrected chi connectivity index (χ3v) is 4.20. The van der Waals surface area contributed by atoms with E-state index in [0.29, 0.717) is 17.7 Å². The van der Waals surface area contributed by atoms with Crippen LogP contribution < -0.4 is 10.1 Å². The Morgan fingerprint density at radius 3 is 2.44 bits per heavy atom. The number of nitrogens with zero attached hydrogens (tertiary/aromatic N) is 1. The summed E-state index contributed by atoms with van der Waals surface area (Å²) in [6, 6.07) is 6.62. The molecule has 1 fully saturated rings. The first kappa shape index (κ1) is 18.8. The Labute approximate surface area is 147 Å². The molecular formula is C18H24N2O5. The Morgan fingerprint density at radius 1 is 1.28 bits per heavy atom. The summed E-state index contributed by atoms with van der Waals surface area (Å²) in [7, 11) is 0. The molecule has 7 heteroatoms. The minimum atomic E-state index is -1.11. The lowest BCUT2D eigenvalue weighted by Crippen LogP contribution is -2.43. The minimum absolute atomic E-state index is 0.0449. The predicted octanol–water partition coefficient (Wildman–Crippen LogP) is 2.50. The summed E-state index contributed by atoms with van der Waals surface area (Å²) in [6.45, 7) is 5.78. The molecule has 1 unspecified atom stereocenters. The maximum atomic E-state index is 12.9. The van der Waals surface area contributed by atoms with Gasteiger partial charge in [0.25, 0.3) is 5.91 Å². The lowest BCUT2D eigenvalue weighted by molar-refractivity contribution is -0.138. The van der Waals surface area contributed by atoms with Crippen molar-refractivity contribution in [1.82, 2.24) is 10.2 Å². The van der Waals surface area contributed by atoms with Gasteiger partial charge in [0.1, 0.15) is 11.3 Å². The number of hydrogen-bond acceptors (Lipinski definition) is 4. The number of rotatable bonds is 8. The van der Waals surface area contributed by atoms with Gasteiger partial charge in [0.05, 0.1) is 6.10 Å². The third-order valence-electron chi connectivity index (χ3n) is 4.20. The van der Waals surface area contributed by atoms with Crippen molar-refractivity contribution in [3.63, 3.8) is 0 Å². The van der Waals surface area contributed by atoms with Crippen LogP contribution in [0.2, 0.25) is 0 Å². The summed E-state index contributed by atoms with van der Waals surface area (Å²) in [5.74, 6) is -0.599. The number of imide groups is 1. The second kappa shape index (κ2) is 7.55. The predicted molar refractivity (Wildman–Crippen MR) is 91.3 cm³/mol. The molecule has 136 valence electrons. The van der Waals surface area contributed by atoms with E-state index in [0.717, 1.165) is 4.90 Å². The van der Waals surface area contributed by atoms with E-state index in [2.05, 4.69) is 5.32 Å². The summed E-state index contributed by atoms with van der Waals surface area (Å²) >= 11 is 0. The van der Waals surface area contributed by atoms with Crippen molar-refractivity contribution in [1.29, 1.82) is 0 Å². The van der Waals surface area contributed by atoms with Gasteiger partial charge < -0.3 is 15.2 Å². The highest BCUT2D eigenvalue weighted by molar-refractivity contribution is 6.07. The van der Waals surface area contributed by atoms with Gasteiger partial charge in [-0.25, -0.2) is 4.79 Å². The number of benzene rings is 1. The highest BCUT2D eigenvalue weighted by Gasteiger charge is 2.50. The Hall–Kier alpha value is -2.57. The highest BCUT2D eigenvalue weighted by atomic mass is 16.5. The topological polar surface area (TPSA) is 95.9 Å². The van der Waals surface area contributed by atoms with Gasteiger partial charge in [-0.15, -0.1) is 0 Å². The summed E-state index contributed by atoms with van der Waals surface area (Å²) in [5.41, 5.74) is -0.429. The molecule has 2 N–H and O–H groups in total. The normalized spacial score (nSPS) is 20.1. The summed E-state index contributed by atoms with van der Waals surface area (Å²) < 4.78 is 5.60. The van der Waals surface area contributed by atoms with Crippen molar-refractivity contribution in [3.05, 3.63) is 29.8 Å². The van der Waals surface area contributed by atoms with Gasteiger partial charge in [0, 0.05) is 13.0 Å². The van der Waals surface area contributed by atoms with Crippen LogP contribution in [0, 0.1) is 0 Å². The Balaban J connectivity index is 2.20. The standard InChI is InChI=1S/C18H24N2O5/c1-4-18(13-7-9-14(10-8-13)25-12(2)3)16(23)20(17(24)19-18)11-5-6-15(21)22/h7-10,12H,4-6,11H2,1-3H3,(H,19,24)(H,21,22). The van der Waals surface area contributed by atoms with E-state index in [1.807, 2.05) is 20.8 Å². The van der Waals surface area contributed by atoms with Gasteiger partial charge in [-0.2, -0.15) is 0 Å². The van der Waals surface area contributed by atoms with Crippen molar-refractivity contribution in [2.24, 2.45) is 0 Å². The maximum Gasteiger partial charge on any atom is 0.325 e. The average molecular weight is 348 g/mol. The first-order chi connectivity index (χ1) is 11.8. The van der Waals surface area contributed by atoms with Crippen LogP contribution in [0.3, 0.4) is 0 Å². The molecule has 0 aromatic heterocycles. The van der Waals surface area contributed by atoms with Gasteiger partial charge in [0.15, 0.2) is 0 Å². The van der Waals surface area contributed by atoms with Crippen LogP contribution in [0.1, 0.15) is 45.6 Å². The highest BCUT2D eigenvalue weighted by Crippen LogP contribution is 2.33. The second-order valence-corrected chi connectivity index (χ2v) is 6.33.